The number of imidazole rings is 1. The molecule has 5 N–H and O–H groups in total. The number of aromatic nitrogens is 9. The van der Waals surface area contributed by atoms with Gasteiger partial charge in [-0.05, 0) is 46.9 Å². The predicted molar refractivity (Wildman–Crippen MR) is 225 cm³/mol. The maximum Gasteiger partial charge on any atom is 0.315 e. The predicted octanol–water partition coefficient (Wildman–Crippen LogP) is 4.58. The second kappa shape index (κ2) is 17.3. The number of carbonyl (C=O) groups is 1. The molecule has 5 heterocycles. The third-order valence-electron chi connectivity index (χ3n) is 11.3. The Kier molecular flexibility index (Phi) is 11.6. The Morgan fingerprint density at radius 1 is 0.898 bits per heavy atom. The van der Waals surface area contributed by atoms with Crippen LogP contribution in [0.4, 0.5) is 16.6 Å². The van der Waals surface area contributed by atoms with Crippen LogP contribution >= 0.6 is 12.4 Å². The topological polar surface area (TPSA) is 197 Å². The fourth-order valence-corrected chi connectivity index (χ4v) is 8.22. The SMILES string of the molecule is CCc1nnn([C@H]2C[C@@H](n3cnc4c(NCC(c5ccccc5)c5ccccc5)nc(N5CC[C@@H](NC(=O)NCc6ccnc7ccccc67)C5)nc43)[C@H](O)[C@@H]2O)n1.Cl. The molecule has 7 aromatic rings. The van der Waals surface area contributed by atoms with Crippen LogP contribution in [0.1, 0.15) is 60.3 Å². The highest BCUT2D eigenvalue weighted by Crippen LogP contribution is 2.40. The van der Waals surface area contributed by atoms with Crippen molar-refractivity contribution in [2.24, 2.45) is 0 Å². The zero-order chi connectivity index (χ0) is 39.6. The molecule has 4 aromatic heterocycles. The Bertz CT molecular complexity index is 2480. The van der Waals surface area contributed by atoms with Crippen molar-refractivity contribution < 1.29 is 15.0 Å². The van der Waals surface area contributed by atoms with Crippen LogP contribution in [0.5, 0.6) is 0 Å². The van der Waals surface area contributed by atoms with Crippen molar-refractivity contribution in [1.29, 1.82) is 0 Å². The number of aryl methyl sites for hydroxylation is 1. The lowest BCUT2D eigenvalue weighted by molar-refractivity contribution is 0.00473. The van der Waals surface area contributed by atoms with Gasteiger partial charge in [-0.1, -0.05) is 85.8 Å². The van der Waals surface area contributed by atoms with Crippen molar-refractivity contribution >= 4 is 52.3 Å². The van der Waals surface area contributed by atoms with Gasteiger partial charge in [-0.15, -0.1) is 22.6 Å². The fraction of sp³-hybridized carbons (Fsp3) is 0.333. The first kappa shape index (κ1) is 39.6. The fourth-order valence-electron chi connectivity index (χ4n) is 8.22. The Balaban J connectivity index is 0.00000484. The number of aliphatic hydroxyl groups is 2. The number of amides is 2. The van der Waals surface area contributed by atoms with Gasteiger partial charge in [-0.25, -0.2) is 9.78 Å². The van der Waals surface area contributed by atoms with Gasteiger partial charge < -0.3 is 35.6 Å². The molecule has 9 rings (SSSR count). The summed E-state index contributed by atoms with van der Waals surface area (Å²) in [6.07, 6.45) is 2.76. The average molecular weight is 816 g/mol. The molecule has 2 aliphatic rings. The van der Waals surface area contributed by atoms with Crippen molar-refractivity contribution in [2.75, 3.05) is 29.9 Å². The number of carbonyl (C=O) groups excluding carboxylic acids is 1. The molecule has 0 radical (unpaired) electrons. The number of hydrogen-bond acceptors (Lipinski definition) is 12. The summed E-state index contributed by atoms with van der Waals surface area (Å²) in [6, 6.07) is 28.9. The first-order chi connectivity index (χ1) is 28.4. The number of halogens is 1. The van der Waals surface area contributed by atoms with Crippen LogP contribution in [-0.4, -0.2) is 98.8 Å². The van der Waals surface area contributed by atoms with Gasteiger partial charge in [-0.3, -0.25) is 4.98 Å². The molecule has 17 heteroatoms. The molecule has 304 valence electrons. The van der Waals surface area contributed by atoms with Crippen LogP contribution < -0.4 is 20.9 Å². The van der Waals surface area contributed by atoms with E-state index < -0.39 is 24.3 Å². The number of fused-ring (bicyclic) bond motifs is 2. The first-order valence-electron chi connectivity index (χ1n) is 19.8. The van der Waals surface area contributed by atoms with Crippen LogP contribution in [0, 0.1) is 0 Å². The molecule has 5 atom stereocenters. The molecule has 0 bridgehead atoms. The van der Waals surface area contributed by atoms with Crippen molar-refractivity contribution in [1.82, 2.24) is 55.3 Å². The van der Waals surface area contributed by atoms with Crippen molar-refractivity contribution in [3.05, 3.63) is 126 Å². The highest BCUT2D eigenvalue weighted by atomic mass is 35.5. The van der Waals surface area contributed by atoms with Gasteiger partial charge in [-0.2, -0.15) is 14.8 Å². The van der Waals surface area contributed by atoms with E-state index in [2.05, 4.69) is 65.5 Å². The van der Waals surface area contributed by atoms with E-state index in [4.69, 9.17) is 15.0 Å². The van der Waals surface area contributed by atoms with Crippen molar-refractivity contribution in [2.45, 2.75) is 69.0 Å². The van der Waals surface area contributed by atoms with Gasteiger partial charge in [0.1, 0.15) is 18.2 Å². The number of aliphatic hydroxyl groups excluding tert-OH is 2. The lowest BCUT2D eigenvalue weighted by atomic mass is 9.91. The van der Waals surface area contributed by atoms with Gasteiger partial charge in [0, 0.05) is 56.1 Å². The minimum atomic E-state index is -1.14. The monoisotopic (exact) mass is 815 g/mol. The quantitative estimate of drug-likeness (QED) is 0.115. The van der Waals surface area contributed by atoms with Gasteiger partial charge in [0.05, 0.1) is 17.9 Å². The minimum Gasteiger partial charge on any atom is -0.388 e. The molecule has 1 saturated heterocycles. The number of para-hydroxylation sites is 1. The summed E-state index contributed by atoms with van der Waals surface area (Å²) < 4.78 is 1.82. The zero-order valence-electron chi connectivity index (χ0n) is 32.4. The maximum atomic E-state index is 13.2. The molecule has 2 amide bonds. The van der Waals surface area contributed by atoms with Crippen LogP contribution in [0.15, 0.2) is 104 Å². The largest absolute Gasteiger partial charge is 0.388 e. The lowest BCUT2D eigenvalue weighted by Crippen LogP contribution is -2.43. The van der Waals surface area contributed by atoms with Crippen molar-refractivity contribution in [3.8, 4) is 0 Å². The van der Waals surface area contributed by atoms with E-state index >= 15 is 0 Å². The number of benzene rings is 3. The lowest BCUT2D eigenvalue weighted by Gasteiger charge is -2.22. The highest BCUT2D eigenvalue weighted by Gasteiger charge is 2.45. The highest BCUT2D eigenvalue weighted by molar-refractivity contribution is 5.86. The standard InChI is InChI=1S/C42H45N13O3.ClH/c1-2-35-50-52-55(51-35)34-21-33(37(56)38(34)57)54-25-46-36-39(44-23-31(26-11-5-3-6-12-26)27-13-7-4-8-14-27)48-41(49-40(36)54)53-20-18-29(24-53)47-42(58)45-22-28-17-19-43-32-16-10-9-15-30(28)32;/h3-17,19,25,29,31,33-34,37-38,56-57H,2,18,20-24H2,1H3,(H,44,48,49)(H2,45,47,58);1H/t29-,33-,34+,37+,38-;/m1./s1. The summed E-state index contributed by atoms with van der Waals surface area (Å²) in [7, 11) is 0. The number of anilines is 2. The number of hydrogen-bond donors (Lipinski definition) is 5. The smallest absolute Gasteiger partial charge is 0.315 e. The Morgan fingerprint density at radius 3 is 2.37 bits per heavy atom. The summed E-state index contributed by atoms with van der Waals surface area (Å²) in [4.78, 5) is 36.0. The van der Waals surface area contributed by atoms with E-state index in [1.165, 1.54) is 4.80 Å². The van der Waals surface area contributed by atoms with E-state index in [1.807, 2.05) is 78.2 Å². The molecule has 16 nitrogen and oxygen atoms in total. The number of nitrogens with zero attached hydrogens (tertiary/aromatic N) is 10. The van der Waals surface area contributed by atoms with Crippen LogP contribution in [0.25, 0.3) is 22.1 Å². The van der Waals surface area contributed by atoms with Crippen LogP contribution in [-0.2, 0) is 13.0 Å². The number of pyridine rings is 1. The van der Waals surface area contributed by atoms with Crippen molar-refractivity contribution in [3.63, 3.8) is 0 Å². The molecule has 0 spiro atoms. The Labute approximate surface area is 346 Å². The summed E-state index contributed by atoms with van der Waals surface area (Å²) in [5.74, 6) is 1.59. The second-order valence-electron chi connectivity index (χ2n) is 14.9. The van der Waals surface area contributed by atoms with E-state index in [0.29, 0.717) is 74.2 Å². The van der Waals surface area contributed by atoms with E-state index in [-0.39, 0.29) is 30.4 Å². The van der Waals surface area contributed by atoms with Crippen LogP contribution in [0.2, 0.25) is 0 Å². The van der Waals surface area contributed by atoms with Gasteiger partial charge in [0.25, 0.3) is 0 Å². The summed E-state index contributed by atoms with van der Waals surface area (Å²) >= 11 is 0. The van der Waals surface area contributed by atoms with E-state index in [0.717, 1.165) is 27.6 Å². The third-order valence-corrected chi connectivity index (χ3v) is 11.3. The summed E-state index contributed by atoms with van der Waals surface area (Å²) in [6.45, 7) is 3.93. The maximum absolute atomic E-state index is 13.2. The van der Waals surface area contributed by atoms with Crippen LogP contribution in [0.3, 0.4) is 0 Å². The molecule has 1 saturated carbocycles. The Morgan fingerprint density at radius 2 is 1.63 bits per heavy atom. The van der Waals surface area contributed by atoms with Gasteiger partial charge in [0.2, 0.25) is 5.95 Å². The molecule has 59 heavy (non-hydrogen) atoms. The molecule has 2 fully saturated rings. The molecule has 1 aliphatic carbocycles. The molecule has 0 unspecified atom stereocenters. The molecule has 1 aliphatic heterocycles. The molecular weight excluding hydrogens is 770 g/mol. The zero-order valence-corrected chi connectivity index (χ0v) is 33.2. The van der Waals surface area contributed by atoms with Gasteiger partial charge >= 0.3 is 6.03 Å². The van der Waals surface area contributed by atoms with E-state index in [9.17, 15) is 15.0 Å². The third kappa shape index (κ3) is 8.11. The molecule has 3 aromatic carbocycles. The summed E-state index contributed by atoms with van der Waals surface area (Å²) in [5.41, 5.74) is 5.24. The first-order valence-corrected chi connectivity index (χ1v) is 19.8. The number of urea groups is 1. The average Bonchev–Trinajstić information content (AvgIpc) is 4.08. The number of tetrazole rings is 1. The summed E-state index contributed by atoms with van der Waals surface area (Å²) in [5, 5.41) is 46.1. The number of rotatable bonds is 12. The number of nitrogens with one attached hydrogen (secondary N) is 3. The second-order valence-corrected chi connectivity index (χ2v) is 14.9. The Hall–Kier alpha value is -6.23. The molecular formula is C42H46ClN13O3. The van der Waals surface area contributed by atoms with Gasteiger partial charge in [0.15, 0.2) is 22.8 Å². The normalized spacial score (nSPS) is 20.3. The van der Waals surface area contributed by atoms with E-state index in [1.54, 1.807) is 12.5 Å². The minimum absolute atomic E-state index is 0.